The third-order valence-corrected chi connectivity index (χ3v) is 5.18. The molecule has 1 aliphatic heterocycles. The summed E-state index contributed by atoms with van der Waals surface area (Å²) in [6, 6.07) is 6.26. The number of dihydropyridines is 1. The number of nitro groups is 1. The zero-order valence-electron chi connectivity index (χ0n) is 16.5. The van der Waals surface area contributed by atoms with E-state index < -0.39 is 16.8 Å². The highest BCUT2D eigenvalue weighted by atomic mass is 16.6. The number of hydrogen-bond donors (Lipinski definition) is 1. The van der Waals surface area contributed by atoms with E-state index in [-0.39, 0.29) is 29.1 Å². The normalized spacial score (nSPS) is 21.1. The molecule has 1 aromatic rings. The van der Waals surface area contributed by atoms with E-state index in [0.717, 1.165) is 5.70 Å². The number of Topliss-reactive ketones (excluding diaryl/α,β-unsaturated/α-hetero) is 1. The second kappa shape index (κ2) is 7.22. The minimum absolute atomic E-state index is 0.101. The van der Waals surface area contributed by atoms with Crippen molar-refractivity contribution >= 4 is 17.4 Å². The number of allylic oxidation sites excluding steroid dienone is 3. The topological polar surface area (TPSA) is 98.5 Å². The Balaban J connectivity index is 2.26. The second-order valence-corrected chi connectivity index (χ2v) is 7.97. The molecule has 0 aromatic heterocycles. The number of nitro benzene ring substituents is 1. The molecule has 1 atom stereocenters. The molecular weight excluding hydrogens is 360 g/mol. The van der Waals surface area contributed by atoms with Crippen LogP contribution in [-0.4, -0.2) is 23.3 Å². The molecule has 0 radical (unpaired) electrons. The molecule has 7 nitrogen and oxygen atoms in total. The van der Waals surface area contributed by atoms with E-state index in [1.165, 1.54) is 6.07 Å². The lowest BCUT2D eigenvalue weighted by Gasteiger charge is -2.39. The van der Waals surface area contributed by atoms with E-state index in [0.29, 0.717) is 29.7 Å². The predicted octanol–water partition coefficient (Wildman–Crippen LogP) is 3.76. The van der Waals surface area contributed by atoms with Crippen molar-refractivity contribution in [3.63, 3.8) is 0 Å². The fraction of sp³-hybridized carbons (Fsp3) is 0.429. The average molecular weight is 384 g/mol. The van der Waals surface area contributed by atoms with Crippen LogP contribution in [0.4, 0.5) is 5.69 Å². The zero-order chi connectivity index (χ0) is 20.6. The molecule has 2 aliphatic rings. The van der Waals surface area contributed by atoms with E-state index in [1.807, 2.05) is 13.8 Å². The molecule has 1 aromatic carbocycles. The van der Waals surface area contributed by atoms with Crippen molar-refractivity contribution in [3.8, 4) is 0 Å². The number of carbonyl (C=O) groups is 2. The molecular formula is C21H24N2O5. The van der Waals surface area contributed by atoms with Gasteiger partial charge in [0, 0.05) is 35.0 Å². The van der Waals surface area contributed by atoms with Gasteiger partial charge in [-0.1, -0.05) is 32.0 Å². The fourth-order valence-corrected chi connectivity index (χ4v) is 4.12. The maximum absolute atomic E-state index is 13.1. The molecule has 0 saturated heterocycles. The number of esters is 1. The Morgan fingerprint density at radius 1 is 1.32 bits per heavy atom. The van der Waals surface area contributed by atoms with Crippen molar-refractivity contribution in [1.82, 2.24) is 5.32 Å². The average Bonchev–Trinajstić information content (AvgIpc) is 2.59. The molecule has 0 bridgehead atoms. The lowest BCUT2D eigenvalue weighted by molar-refractivity contribution is -0.385. The first-order valence-electron chi connectivity index (χ1n) is 9.30. The monoisotopic (exact) mass is 384 g/mol. The van der Waals surface area contributed by atoms with Crippen LogP contribution in [0.2, 0.25) is 0 Å². The maximum atomic E-state index is 13.1. The molecule has 7 heteroatoms. The minimum Gasteiger partial charge on any atom is -0.463 e. The van der Waals surface area contributed by atoms with Crippen LogP contribution < -0.4 is 5.32 Å². The summed E-state index contributed by atoms with van der Waals surface area (Å²) in [4.78, 5) is 37.0. The molecule has 1 heterocycles. The molecule has 0 saturated carbocycles. The van der Waals surface area contributed by atoms with E-state index >= 15 is 0 Å². The minimum atomic E-state index is -0.819. The maximum Gasteiger partial charge on any atom is 0.336 e. The summed E-state index contributed by atoms with van der Waals surface area (Å²) >= 11 is 0. The van der Waals surface area contributed by atoms with Crippen molar-refractivity contribution in [2.45, 2.75) is 46.5 Å². The van der Waals surface area contributed by atoms with E-state index in [2.05, 4.69) is 5.32 Å². The van der Waals surface area contributed by atoms with Crippen molar-refractivity contribution in [2.24, 2.45) is 5.41 Å². The Morgan fingerprint density at radius 2 is 2.00 bits per heavy atom. The summed E-state index contributed by atoms with van der Waals surface area (Å²) in [6.45, 7) is 7.63. The first-order chi connectivity index (χ1) is 13.2. The third-order valence-electron chi connectivity index (χ3n) is 5.18. The molecule has 0 fully saturated rings. The van der Waals surface area contributed by atoms with Crippen LogP contribution in [0.1, 0.15) is 52.0 Å². The summed E-state index contributed by atoms with van der Waals surface area (Å²) < 4.78 is 5.22. The van der Waals surface area contributed by atoms with Crippen LogP contribution in [0.15, 0.2) is 46.8 Å². The Bertz CT molecular complexity index is 926. The highest BCUT2D eigenvalue weighted by Crippen LogP contribution is 2.48. The van der Waals surface area contributed by atoms with Gasteiger partial charge in [0.05, 0.1) is 23.0 Å². The Labute approximate surface area is 163 Å². The van der Waals surface area contributed by atoms with Gasteiger partial charge in [-0.25, -0.2) is 4.79 Å². The number of benzene rings is 1. The summed E-state index contributed by atoms with van der Waals surface area (Å²) in [5, 5.41) is 14.9. The highest BCUT2D eigenvalue weighted by Gasteiger charge is 2.44. The lowest BCUT2D eigenvalue weighted by Crippen LogP contribution is -2.38. The van der Waals surface area contributed by atoms with Crippen molar-refractivity contribution in [1.29, 1.82) is 0 Å². The summed E-state index contributed by atoms with van der Waals surface area (Å²) in [5.41, 5.74) is 1.97. The van der Waals surface area contributed by atoms with Gasteiger partial charge in [0.2, 0.25) is 0 Å². The highest BCUT2D eigenvalue weighted by molar-refractivity contribution is 6.04. The molecule has 3 rings (SSSR count). The van der Waals surface area contributed by atoms with Crippen LogP contribution in [0.3, 0.4) is 0 Å². The Morgan fingerprint density at radius 3 is 2.64 bits per heavy atom. The van der Waals surface area contributed by atoms with Crippen molar-refractivity contribution < 1.29 is 19.2 Å². The quantitative estimate of drug-likeness (QED) is 0.482. The number of carbonyl (C=O) groups excluding carboxylic acids is 2. The van der Waals surface area contributed by atoms with Crippen LogP contribution in [-0.2, 0) is 14.3 Å². The second-order valence-electron chi connectivity index (χ2n) is 7.97. The van der Waals surface area contributed by atoms with Crippen LogP contribution in [0.25, 0.3) is 0 Å². The van der Waals surface area contributed by atoms with Crippen molar-refractivity contribution in [3.05, 3.63) is 62.5 Å². The van der Waals surface area contributed by atoms with Gasteiger partial charge in [-0.05, 0) is 25.7 Å². The molecule has 1 N–H and O–H groups in total. The van der Waals surface area contributed by atoms with Gasteiger partial charge in [-0.3, -0.25) is 14.9 Å². The number of ether oxygens (including phenoxy) is 1. The summed E-state index contributed by atoms with van der Waals surface area (Å²) in [7, 11) is 0. The fourth-order valence-electron chi connectivity index (χ4n) is 4.12. The van der Waals surface area contributed by atoms with E-state index in [9.17, 15) is 19.7 Å². The van der Waals surface area contributed by atoms with Gasteiger partial charge in [0.25, 0.3) is 5.69 Å². The van der Waals surface area contributed by atoms with Gasteiger partial charge in [0.1, 0.15) is 0 Å². The molecule has 1 unspecified atom stereocenters. The smallest absolute Gasteiger partial charge is 0.336 e. The first-order valence-corrected chi connectivity index (χ1v) is 9.30. The van der Waals surface area contributed by atoms with Gasteiger partial charge in [-0.15, -0.1) is 0 Å². The number of nitrogens with zero attached hydrogens (tertiary/aromatic N) is 1. The SMILES string of the molecule is CCOC(=O)C1=C(C)NC2=C(C(=O)CC(C)(C)C2)C1c1ccccc1[N+](=O)[O-]. The number of para-hydroxylation sites is 1. The van der Waals surface area contributed by atoms with Crippen LogP contribution >= 0.6 is 0 Å². The molecule has 0 amide bonds. The third kappa shape index (κ3) is 3.44. The lowest BCUT2D eigenvalue weighted by atomic mass is 9.68. The van der Waals surface area contributed by atoms with Gasteiger partial charge in [-0.2, -0.15) is 0 Å². The van der Waals surface area contributed by atoms with Gasteiger partial charge in [0.15, 0.2) is 5.78 Å². The van der Waals surface area contributed by atoms with E-state index in [1.54, 1.807) is 32.0 Å². The Hall–Kier alpha value is -2.96. The van der Waals surface area contributed by atoms with E-state index in [4.69, 9.17) is 4.74 Å². The molecule has 28 heavy (non-hydrogen) atoms. The van der Waals surface area contributed by atoms with Crippen LogP contribution in [0.5, 0.6) is 0 Å². The van der Waals surface area contributed by atoms with Gasteiger partial charge < -0.3 is 10.1 Å². The first kappa shape index (κ1) is 19.8. The summed E-state index contributed by atoms with van der Waals surface area (Å²) in [6.07, 6.45) is 0.943. The molecule has 148 valence electrons. The predicted molar refractivity (Wildman–Crippen MR) is 103 cm³/mol. The largest absolute Gasteiger partial charge is 0.463 e. The van der Waals surface area contributed by atoms with Crippen LogP contribution in [0, 0.1) is 15.5 Å². The zero-order valence-corrected chi connectivity index (χ0v) is 16.5. The number of nitrogens with one attached hydrogen (secondary N) is 1. The Kier molecular flexibility index (Phi) is 5.10. The standard InChI is InChI=1S/C21H24N2O5/c1-5-28-20(25)17-12(2)22-14-10-21(3,4)11-16(24)19(14)18(17)13-8-6-7-9-15(13)23(26)27/h6-9,18,22H,5,10-11H2,1-4H3. The molecule has 0 spiro atoms. The molecule has 1 aliphatic carbocycles. The van der Waals surface area contributed by atoms with Crippen molar-refractivity contribution in [2.75, 3.05) is 6.61 Å². The van der Waals surface area contributed by atoms with Gasteiger partial charge >= 0.3 is 5.97 Å². The number of hydrogen-bond acceptors (Lipinski definition) is 6. The number of rotatable bonds is 4. The number of ketones is 1. The summed E-state index contributed by atoms with van der Waals surface area (Å²) in [5.74, 6) is -1.49.